The molecule has 1 saturated heterocycles. The summed E-state index contributed by atoms with van der Waals surface area (Å²) in [7, 11) is 2.02. The highest BCUT2D eigenvalue weighted by Gasteiger charge is 2.43. The molecule has 0 N–H and O–H groups in total. The molecule has 3 aromatic carbocycles. The molecule has 2 heterocycles. The Hall–Kier alpha value is -4.12. The van der Waals surface area contributed by atoms with Gasteiger partial charge in [0.15, 0.2) is 0 Å². The fourth-order valence-electron chi connectivity index (χ4n) is 4.71. The predicted molar refractivity (Wildman–Crippen MR) is 132 cm³/mol. The van der Waals surface area contributed by atoms with Crippen molar-refractivity contribution in [3.63, 3.8) is 0 Å². The third-order valence-corrected chi connectivity index (χ3v) is 6.40. The van der Waals surface area contributed by atoms with Crippen molar-refractivity contribution in [1.82, 2.24) is 0 Å². The first kappa shape index (κ1) is 20.8. The van der Waals surface area contributed by atoms with E-state index in [4.69, 9.17) is 0 Å². The van der Waals surface area contributed by atoms with Gasteiger partial charge in [-0.3, -0.25) is 9.59 Å². The molecule has 2 aliphatic rings. The summed E-state index contributed by atoms with van der Waals surface area (Å²) in [6, 6.07) is 26.8. The largest absolute Gasteiger partial charge is 0.347 e. The lowest BCUT2D eigenvalue weighted by molar-refractivity contribution is -0.116. The van der Waals surface area contributed by atoms with E-state index in [2.05, 4.69) is 30.9 Å². The Bertz CT molecular complexity index is 1230. The quantitative estimate of drug-likeness (QED) is 0.419. The molecular formula is C28H25N3O2. The lowest BCUT2D eigenvalue weighted by atomic mass is 9.83. The second-order valence-electron chi connectivity index (χ2n) is 8.74. The van der Waals surface area contributed by atoms with Crippen LogP contribution >= 0.6 is 0 Å². The maximum Gasteiger partial charge on any atom is 0.283 e. The average molecular weight is 436 g/mol. The van der Waals surface area contributed by atoms with Crippen molar-refractivity contribution in [3.8, 4) is 0 Å². The number of likely N-dealkylation sites (N-methyl/N-ethyl adjacent to an activating group) is 1. The van der Waals surface area contributed by atoms with Crippen LogP contribution in [0.15, 0.2) is 108 Å². The van der Waals surface area contributed by atoms with Crippen LogP contribution in [0.4, 0.5) is 17.1 Å². The number of hydrazine groups is 1. The van der Waals surface area contributed by atoms with E-state index in [9.17, 15) is 9.59 Å². The van der Waals surface area contributed by atoms with Crippen molar-refractivity contribution in [2.45, 2.75) is 19.3 Å². The van der Waals surface area contributed by atoms with Crippen molar-refractivity contribution in [2.24, 2.45) is 0 Å². The van der Waals surface area contributed by atoms with E-state index in [0.29, 0.717) is 11.4 Å². The van der Waals surface area contributed by atoms with Gasteiger partial charge in [0.1, 0.15) is 5.57 Å². The van der Waals surface area contributed by atoms with Crippen LogP contribution in [-0.2, 0) is 15.0 Å². The molecule has 164 valence electrons. The topological polar surface area (TPSA) is 43.9 Å². The number of fused-ring (bicyclic) bond motifs is 1. The molecule has 0 atom stereocenters. The first-order valence-corrected chi connectivity index (χ1v) is 11.0. The molecule has 33 heavy (non-hydrogen) atoms. The molecule has 0 radical (unpaired) electrons. The number of amides is 2. The minimum atomic E-state index is -0.345. The van der Waals surface area contributed by atoms with E-state index < -0.39 is 0 Å². The van der Waals surface area contributed by atoms with E-state index in [-0.39, 0.29) is 22.8 Å². The maximum absolute atomic E-state index is 13.5. The molecule has 3 aromatic rings. The van der Waals surface area contributed by atoms with Gasteiger partial charge in [0.25, 0.3) is 11.8 Å². The van der Waals surface area contributed by atoms with Gasteiger partial charge in [-0.25, -0.2) is 10.0 Å². The normalized spacial score (nSPS) is 18.3. The van der Waals surface area contributed by atoms with Gasteiger partial charge in [-0.1, -0.05) is 68.4 Å². The van der Waals surface area contributed by atoms with Crippen LogP contribution in [0.25, 0.3) is 0 Å². The van der Waals surface area contributed by atoms with E-state index in [1.807, 2.05) is 85.9 Å². The van der Waals surface area contributed by atoms with E-state index in [1.165, 1.54) is 15.6 Å². The SMILES string of the molecule is CN1/C(=C/C=C2C(=O)N(c3ccccc3)N(c3ccccc3)C2=O)C(C)(C)c2ccccc21. The summed E-state index contributed by atoms with van der Waals surface area (Å²) < 4.78 is 0. The number of rotatable bonds is 3. The van der Waals surface area contributed by atoms with E-state index in [1.54, 1.807) is 6.08 Å². The van der Waals surface area contributed by atoms with E-state index >= 15 is 0 Å². The number of carbonyl (C=O) groups is 2. The molecule has 2 amide bonds. The standard InChI is InChI=1S/C28H25N3O2/c1-28(2)23-16-10-11-17-24(23)29(3)25(28)19-18-22-26(32)30(20-12-6-4-7-13-20)31(27(22)33)21-14-8-5-9-15-21/h4-19H,1-3H3/b25-19+. The number of carbonyl (C=O) groups excluding carboxylic acids is 2. The third kappa shape index (κ3) is 3.24. The Labute approximate surface area is 193 Å². The van der Waals surface area contributed by atoms with Gasteiger partial charge in [-0.2, -0.15) is 0 Å². The molecule has 2 aliphatic heterocycles. The third-order valence-electron chi connectivity index (χ3n) is 6.40. The van der Waals surface area contributed by atoms with Crippen LogP contribution in [0.1, 0.15) is 19.4 Å². The number of nitrogens with zero attached hydrogens (tertiary/aromatic N) is 3. The summed E-state index contributed by atoms with van der Waals surface area (Å²) >= 11 is 0. The molecular weight excluding hydrogens is 410 g/mol. The second kappa shape index (κ2) is 7.78. The highest BCUT2D eigenvalue weighted by molar-refractivity contribution is 6.36. The van der Waals surface area contributed by atoms with Crippen LogP contribution in [0.3, 0.4) is 0 Å². The highest BCUT2D eigenvalue weighted by Crippen LogP contribution is 2.46. The number of allylic oxidation sites excluding steroid dienone is 3. The van der Waals surface area contributed by atoms with Gasteiger partial charge in [-0.05, 0) is 48.0 Å². The van der Waals surface area contributed by atoms with Crippen molar-refractivity contribution in [3.05, 3.63) is 114 Å². The molecule has 0 spiro atoms. The van der Waals surface area contributed by atoms with Crippen LogP contribution in [0.2, 0.25) is 0 Å². The lowest BCUT2D eigenvalue weighted by Gasteiger charge is -2.27. The zero-order valence-electron chi connectivity index (χ0n) is 18.9. The zero-order chi connectivity index (χ0) is 23.2. The average Bonchev–Trinajstić information content (AvgIpc) is 3.20. The minimum Gasteiger partial charge on any atom is -0.347 e. The molecule has 0 unspecified atom stereocenters. The first-order chi connectivity index (χ1) is 15.9. The Kier molecular flexibility index (Phi) is 4.90. The van der Waals surface area contributed by atoms with Crippen molar-refractivity contribution >= 4 is 28.9 Å². The number of hydrogen-bond acceptors (Lipinski definition) is 3. The van der Waals surface area contributed by atoms with Crippen molar-refractivity contribution < 1.29 is 9.59 Å². The van der Waals surface area contributed by atoms with Gasteiger partial charge < -0.3 is 4.90 Å². The summed E-state index contributed by atoms with van der Waals surface area (Å²) in [6.07, 6.45) is 3.58. The second-order valence-corrected chi connectivity index (χ2v) is 8.74. The molecule has 0 saturated carbocycles. The van der Waals surface area contributed by atoms with Crippen LogP contribution in [0, 0.1) is 0 Å². The Balaban J connectivity index is 1.59. The van der Waals surface area contributed by atoms with Gasteiger partial charge >= 0.3 is 0 Å². The molecule has 5 rings (SSSR count). The summed E-state index contributed by atoms with van der Waals surface area (Å²) in [5.74, 6) is -0.689. The number of anilines is 3. The summed E-state index contributed by atoms with van der Waals surface area (Å²) in [5, 5.41) is 2.89. The van der Waals surface area contributed by atoms with Crippen LogP contribution in [-0.4, -0.2) is 18.9 Å². The lowest BCUT2D eigenvalue weighted by Crippen LogP contribution is -2.41. The van der Waals surface area contributed by atoms with Gasteiger partial charge in [0.2, 0.25) is 0 Å². The summed E-state index contributed by atoms with van der Waals surface area (Å²) in [6.45, 7) is 4.31. The van der Waals surface area contributed by atoms with Gasteiger partial charge in [0.05, 0.1) is 11.4 Å². The van der Waals surface area contributed by atoms with E-state index in [0.717, 1.165) is 11.4 Å². The fraction of sp³-hybridized carbons (Fsp3) is 0.143. The molecule has 1 fully saturated rings. The van der Waals surface area contributed by atoms with Gasteiger partial charge in [0, 0.05) is 23.8 Å². The Morgan fingerprint density at radius 3 is 1.67 bits per heavy atom. The predicted octanol–water partition coefficient (Wildman–Crippen LogP) is 5.22. The molecule has 5 nitrogen and oxygen atoms in total. The smallest absolute Gasteiger partial charge is 0.283 e. The van der Waals surface area contributed by atoms with Gasteiger partial charge in [-0.15, -0.1) is 0 Å². The maximum atomic E-state index is 13.5. The molecule has 0 bridgehead atoms. The summed E-state index contributed by atoms with van der Waals surface area (Å²) in [4.78, 5) is 29.2. The van der Waals surface area contributed by atoms with Crippen molar-refractivity contribution in [2.75, 3.05) is 22.0 Å². The summed E-state index contributed by atoms with van der Waals surface area (Å²) in [5.41, 5.74) is 4.55. The Morgan fingerprint density at radius 2 is 1.15 bits per heavy atom. The molecule has 0 aliphatic carbocycles. The monoisotopic (exact) mass is 435 g/mol. The Morgan fingerprint density at radius 1 is 0.667 bits per heavy atom. The fourth-order valence-corrected chi connectivity index (χ4v) is 4.71. The molecule has 0 aromatic heterocycles. The number of benzene rings is 3. The number of para-hydroxylation sites is 3. The van der Waals surface area contributed by atoms with Crippen molar-refractivity contribution in [1.29, 1.82) is 0 Å². The zero-order valence-corrected chi connectivity index (χ0v) is 18.9. The molecule has 5 heteroatoms. The highest BCUT2D eigenvalue weighted by atomic mass is 16.2. The minimum absolute atomic E-state index is 0.135. The van der Waals surface area contributed by atoms with Crippen LogP contribution < -0.4 is 14.9 Å². The first-order valence-electron chi connectivity index (χ1n) is 11.0. The number of hydrogen-bond donors (Lipinski definition) is 0. The van der Waals surface area contributed by atoms with Crippen LogP contribution in [0.5, 0.6) is 0 Å².